The summed E-state index contributed by atoms with van der Waals surface area (Å²) in [4.78, 5) is 39.8. The van der Waals surface area contributed by atoms with Crippen molar-refractivity contribution in [2.45, 2.75) is 20.3 Å². The lowest BCUT2D eigenvalue weighted by atomic mass is 10.0. The molecule has 3 heterocycles. The zero-order valence-corrected chi connectivity index (χ0v) is 20.3. The minimum atomic E-state index is -0.768. The largest absolute Gasteiger partial charge is 0.491 e. The highest BCUT2D eigenvalue weighted by atomic mass is 19.1. The SMILES string of the molecule is CCOc1ccc(-n2nc(C(N)=O)c3c2C(=O)N(c2ccc(-n4cccc(C)c4=O)cc2)CC3)cc1F. The van der Waals surface area contributed by atoms with Gasteiger partial charge in [0.25, 0.3) is 17.4 Å². The van der Waals surface area contributed by atoms with Crippen molar-refractivity contribution >= 4 is 17.5 Å². The molecule has 1 aliphatic heterocycles. The van der Waals surface area contributed by atoms with E-state index in [1.807, 2.05) is 0 Å². The number of nitrogens with zero attached hydrogens (tertiary/aromatic N) is 4. The third-order valence-corrected chi connectivity index (χ3v) is 6.29. The Balaban J connectivity index is 1.53. The lowest BCUT2D eigenvalue weighted by molar-refractivity contribution is 0.0972. The number of amides is 2. The van der Waals surface area contributed by atoms with E-state index in [2.05, 4.69) is 5.10 Å². The molecule has 37 heavy (non-hydrogen) atoms. The molecule has 2 amide bonds. The second-order valence-electron chi connectivity index (χ2n) is 8.59. The van der Waals surface area contributed by atoms with Crippen LogP contribution in [0.25, 0.3) is 11.4 Å². The van der Waals surface area contributed by atoms with E-state index < -0.39 is 17.6 Å². The van der Waals surface area contributed by atoms with Gasteiger partial charge in [0.1, 0.15) is 5.69 Å². The smallest absolute Gasteiger partial charge is 0.277 e. The van der Waals surface area contributed by atoms with Crippen molar-refractivity contribution in [3.05, 3.63) is 99.5 Å². The molecule has 4 aromatic rings. The summed E-state index contributed by atoms with van der Waals surface area (Å²) in [6, 6.07) is 14.8. The van der Waals surface area contributed by atoms with Crippen LogP contribution >= 0.6 is 0 Å². The van der Waals surface area contributed by atoms with Gasteiger partial charge in [0.2, 0.25) is 0 Å². The Kier molecular flexibility index (Phi) is 6.08. The van der Waals surface area contributed by atoms with Crippen LogP contribution in [0.5, 0.6) is 5.75 Å². The van der Waals surface area contributed by atoms with Crippen LogP contribution in [0, 0.1) is 12.7 Å². The Morgan fingerprint density at radius 2 is 1.78 bits per heavy atom. The molecule has 0 unspecified atom stereocenters. The number of fused-ring (bicyclic) bond motifs is 1. The van der Waals surface area contributed by atoms with E-state index >= 15 is 0 Å². The number of ether oxygens (including phenoxy) is 1. The molecule has 0 saturated heterocycles. The third kappa shape index (κ3) is 4.16. The number of aryl methyl sites for hydroxylation is 1. The van der Waals surface area contributed by atoms with Crippen molar-refractivity contribution in [2.75, 3.05) is 18.1 Å². The highest BCUT2D eigenvalue weighted by Crippen LogP contribution is 2.30. The number of rotatable bonds is 6. The molecular formula is C27H24FN5O4. The van der Waals surface area contributed by atoms with Crippen LogP contribution in [0.15, 0.2) is 65.6 Å². The zero-order chi connectivity index (χ0) is 26.3. The molecule has 10 heteroatoms. The molecule has 0 bridgehead atoms. The highest BCUT2D eigenvalue weighted by Gasteiger charge is 2.34. The maximum atomic E-state index is 14.6. The summed E-state index contributed by atoms with van der Waals surface area (Å²) in [5, 5.41) is 4.28. The molecule has 5 rings (SSSR count). The molecule has 0 fully saturated rings. The first-order valence-corrected chi connectivity index (χ1v) is 11.7. The van der Waals surface area contributed by atoms with Crippen molar-refractivity contribution in [3.8, 4) is 17.1 Å². The summed E-state index contributed by atoms with van der Waals surface area (Å²) in [7, 11) is 0. The number of aromatic nitrogens is 3. The summed E-state index contributed by atoms with van der Waals surface area (Å²) in [6.45, 7) is 4.08. The number of hydrogen-bond donors (Lipinski definition) is 1. The number of anilines is 1. The Hall–Kier alpha value is -4.73. The van der Waals surface area contributed by atoms with Crippen LogP contribution in [0.2, 0.25) is 0 Å². The van der Waals surface area contributed by atoms with Gasteiger partial charge in [-0.3, -0.25) is 19.0 Å². The monoisotopic (exact) mass is 501 g/mol. The second kappa shape index (κ2) is 9.38. The van der Waals surface area contributed by atoms with E-state index in [9.17, 15) is 18.8 Å². The molecule has 2 N–H and O–H groups in total. The van der Waals surface area contributed by atoms with Gasteiger partial charge >= 0.3 is 0 Å². The molecule has 0 atom stereocenters. The second-order valence-corrected chi connectivity index (χ2v) is 8.59. The van der Waals surface area contributed by atoms with E-state index in [4.69, 9.17) is 10.5 Å². The standard InChI is InChI=1S/C27H24FN5O4/c1-3-37-22-11-10-19(15-21(22)28)33-24-20(23(30-33)25(29)34)12-14-32(27(24)36)18-8-6-17(7-9-18)31-13-4-5-16(2)26(31)35/h4-11,13,15H,3,12,14H2,1-2H3,(H2,29,34). The normalized spacial score (nSPS) is 12.9. The number of carbonyl (C=O) groups is 2. The minimum absolute atomic E-state index is 0.0218. The number of primary amides is 1. The maximum absolute atomic E-state index is 14.6. The fourth-order valence-electron chi connectivity index (χ4n) is 4.48. The van der Waals surface area contributed by atoms with Gasteiger partial charge in [-0.15, -0.1) is 0 Å². The van der Waals surface area contributed by atoms with E-state index in [-0.39, 0.29) is 28.4 Å². The Bertz CT molecular complexity index is 1590. The van der Waals surface area contributed by atoms with Gasteiger partial charge < -0.3 is 15.4 Å². The van der Waals surface area contributed by atoms with Crippen LogP contribution in [0.1, 0.15) is 39.0 Å². The Morgan fingerprint density at radius 3 is 2.46 bits per heavy atom. The number of carbonyl (C=O) groups excluding carboxylic acids is 2. The first-order valence-electron chi connectivity index (χ1n) is 11.7. The van der Waals surface area contributed by atoms with E-state index in [1.165, 1.54) is 21.4 Å². The fourth-order valence-corrected chi connectivity index (χ4v) is 4.48. The topological polar surface area (TPSA) is 112 Å². The van der Waals surface area contributed by atoms with Crippen LogP contribution in [-0.2, 0) is 6.42 Å². The van der Waals surface area contributed by atoms with Crippen LogP contribution < -0.4 is 20.9 Å². The summed E-state index contributed by atoms with van der Waals surface area (Å²) < 4.78 is 22.7. The van der Waals surface area contributed by atoms with Gasteiger partial charge in [0.15, 0.2) is 17.3 Å². The van der Waals surface area contributed by atoms with Crippen LogP contribution in [0.4, 0.5) is 10.1 Å². The number of hydrogen-bond acceptors (Lipinski definition) is 5. The summed E-state index contributed by atoms with van der Waals surface area (Å²) in [5.74, 6) is -1.72. The van der Waals surface area contributed by atoms with Gasteiger partial charge in [-0.1, -0.05) is 6.07 Å². The molecule has 0 radical (unpaired) electrons. The van der Waals surface area contributed by atoms with E-state index in [1.54, 1.807) is 67.4 Å². The van der Waals surface area contributed by atoms with Crippen LogP contribution in [-0.4, -0.2) is 39.3 Å². The van der Waals surface area contributed by atoms with Crippen molar-refractivity contribution in [1.29, 1.82) is 0 Å². The average molecular weight is 502 g/mol. The molecule has 2 aromatic carbocycles. The van der Waals surface area contributed by atoms with Gasteiger partial charge in [-0.05, 0) is 62.7 Å². The average Bonchev–Trinajstić information content (AvgIpc) is 3.28. The van der Waals surface area contributed by atoms with Crippen molar-refractivity contribution < 1.29 is 18.7 Å². The Labute approximate surface area is 211 Å². The summed E-state index contributed by atoms with van der Waals surface area (Å²) >= 11 is 0. The molecule has 0 spiro atoms. The summed E-state index contributed by atoms with van der Waals surface area (Å²) in [6.07, 6.45) is 2.01. The number of benzene rings is 2. The predicted molar refractivity (Wildman–Crippen MR) is 135 cm³/mol. The van der Waals surface area contributed by atoms with Crippen molar-refractivity contribution in [3.63, 3.8) is 0 Å². The molecule has 9 nitrogen and oxygen atoms in total. The number of pyridine rings is 1. The quantitative estimate of drug-likeness (QED) is 0.436. The fraction of sp³-hybridized carbons (Fsp3) is 0.185. The molecule has 0 saturated carbocycles. The van der Waals surface area contributed by atoms with Crippen molar-refractivity contribution in [2.24, 2.45) is 5.73 Å². The first-order chi connectivity index (χ1) is 17.8. The molecular weight excluding hydrogens is 477 g/mol. The molecule has 188 valence electrons. The van der Waals surface area contributed by atoms with E-state index in [0.29, 0.717) is 42.1 Å². The van der Waals surface area contributed by atoms with Gasteiger partial charge in [-0.25, -0.2) is 9.07 Å². The predicted octanol–water partition coefficient (Wildman–Crippen LogP) is 3.17. The van der Waals surface area contributed by atoms with Gasteiger partial charge in [-0.2, -0.15) is 5.10 Å². The lowest BCUT2D eigenvalue weighted by Crippen LogP contribution is -2.39. The Morgan fingerprint density at radius 1 is 1.08 bits per heavy atom. The number of nitrogens with two attached hydrogens (primary N) is 1. The van der Waals surface area contributed by atoms with E-state index in [0.717, 1.165) is 0 Å². The zero-order valence-electron chi connectivity index (χ0n) is 20.3. The highest BCUT2D eigenvalue weighted by molar-refractivity contribution is 6.09. The lowest BCUT2D eigenvalue weighted by Gasteiger charge is -2.28. The third-order valence-electron chi connectivity index (χ3n) is 6.29. The molecule has 0 aliphatic carbocycles. The van der Waals surface area contributed by atoms with Gasteiger partial charge in [0, 0.05) is 41.3 Å². The molecule has 1 aliphatic rings. The van der Waals surface area contributed by atoms with Crippen LogP contribution in [0.3, 0.4) is 0 Å². The van der Waals surface area contributed by atoms with Gasteiger partial charge in [0.05, 0.1) is 12.3 Å². The molecule has 2 aromatic heterocycles. The summed E-state index contributed by atoms with van der Waals surface area (Å²) in [5.41, 5.74) is 8.11. The van der Waals surface area contributed by atoms with Crippen molar-refractivity contribution in [1.82, 2.24) is 14.3 Å². The number of halogens is 1. The first kappa shape index (κ1) is 24.0. The maximum Gasteiger partial charge on any atom is 0.277 e. The minimum Gasteiger partial charge on any atom is -0.491 e.